The van der Waals surface area contributed by atoms with Crippen molar-refractivity contribution in [3.8, 4) is 0 Å². The molecule has 0 fully saturated rings. The van der Waals surface area contributed by atoms with Crippen LogP contribution in [0, 0.1) is 0 Å². The van der Waals surface area contributed by atoms with Crippen LogP contribution in [0.4, 0.5) is 11.4 Å². The lowest BCUT2D eigenvalue weighted by Gasteiger charge is -2.29. The second-order valence-corrected chi connectivity index (χ2v) is 6.08. The van der Waals surface area contributed by atoms with Crippen LogP contribution in [0.2, 0.25) is 0 Å². The average molecular weight is 338 g/mol. The number of anilines is 2. The molecule has 0 aliphatic carbocycles. The van der Waals surface area contributed by atoms with Gasteiger partial charge in [-0.1, -0.05) is 30.3 Å². The van der Waals surface area contributed by atoms with Crippen molar-refractivity contribution in [2.75, 3.05) is 30.4 Å². The number of nitrogens with zero attached hydrogens (tertiary/aromatic N) is 1. The van der Waals surface area contributed by atoms with Gasteiger partial charge in [0.15, 0.2) is 0 Å². The summed E-state index contributed by atoms with van der Waals surface area (Å²) in [5.74, 6) is -0.203. The maximum Gasteiger partial charge on any atom is 0.325 e. The quantitative estimate of drug-likeness (QED) is 0.852. The molecule has 0 atom stereocenters. The number of hydrogen-bond donors (Lipinski definition) is 1. The first kappa shape index (κ1) is 17.0. The summed E-state index contributed by atoms with van der Waals surface area (Å²) in [5.41, 5.74) is 4.06. The Bertz CT molecular complexity index is 756. The van der Waals surface area contributed by atoms with Gasteiger partial charge in [0.25, 0.3) is 0 Å². The highest BCUT2D eigenvalue weighted by Gasteiger charge is 2.21. The van der Waals surface area contributed by atoms with Gasteiger partial charge >= 0.3 is 5.97 Å². The smallest absolute Gasteiger partial charge is 0.325 e. The van der Waals surface area contributed by atoms with E-state index < -0.39 is 0 Å². The minimum absolute atomic E-state index is 0.113. The Morgan fingerprint density at radius 3 is 2.64 bits per heavy atom. The predicted octanol–water partition coefficient (Wildman–Crippen LogP) is 2.79. The second-order valence-electron chi connectivity index (χ2n) is 6.08. The molecule has 5 heteroatoms. The monoisotopic (exact) mass is 338 g/mol. The van der Waals surface area contributed by atoms with Gasteiger partial charge in [-0.2, -0.15) is 0 Å². The van der Waals surface area contributed by atoms with Gasteiger partial charge in [0.1, 0.15) is 6.54 Å². The molecule has 25 heavy (non-hydrogen) atoms. The maximum absolute atomic E-state index is 12.7. The van der Waals surface area contributed by atoms with Gasteiger partial charge in [-0.15, -0.1) is 0 Å². The molecule has 0 unspecified atom stereocenters. The van der Waals surface area contributed by atoms with E-state index >= 15 is 0 Å². The zero-order valence-electron chi connectivity index (χ0n) is 14.3. The van der Waals surface area contributed by atoms with Crippen LogP contribution in [0.15, 0.2) is 48.5 Å². The summed E-state index contributed by atoms with van der Waals surface area (Å²) < 4.78 is 4.59. The van der Waals surface area contributed by atoms with E-state index in [9.17, 15) is 9.59 Å². The number of rotatable bonds is 5. The Labute approximate surface area is 147 Å². The molecule has 1 N–H and O–H groups in total. The van der Waals surface area contributed by atoms with Crippen molar-refractivity contribution in [1.82, 2.24) is 0 Å². The molecule has 1 heterocycles. The Morgan fingerprint density at radius 2 is 1.88 bits per heavy atom. The molecule has 5 nitrogen and oxygen atoms in total. The number of esters is 1. The third-order valence-electron chi connectivity index (χ3n) is 4.39. The standard InChI is InChI=1S/C20H22N2O3/c1-25-20(24)14-21-17-10-8-15(9-11-17)13-19(23)22-12-4-6-16-5-2-3-7-18(16)22/h2-3,5,7-11,21H,4,6,12-14H2,1H3. The molecule has 0 saturated heterocycles. The van der Waals surface area contributed by atoms with E-state index in [-0.39, 0.29) is 18.4 Å². The number of aryl methyl sites for hydroxylation is 1. The highest BCUT2D eigenvalue weighted by molar-refractivity contribution is 5.95. The zero-order valence-corrected chi connectivity index (χ0v) is 14.3. The van der Waals surface area contributed by atoms with Gasteiger partial charge in [0.2, 0.25) is 5.91 Å². The van der Waals surface area contributed by atoms with E-state index in [0.717, 1.165) is 36.3 Å². The minimum Gasteiger partial charge on any atom is -0.468 e. The van der Waals surface area contributed by atoms with Gasteiger partial charge in [0, 0.05) is 17.9 Å². The number of carbonyl (C=O) groups excluding carboxylic acids is 2. The second kappa shape index (κ2) is 7.83. The van der Waals surface area contributed by atoms with E-state index in [1.54, 1.807) is 0 Å². The number of fused-ring (bicyclic) bond motifs is 1. The lowest BCUT2D eigenvalue weighted by atomic mass is 10.0. The van der Waals surface area contributed by atoms with Gasteiger partial charge in [-0.05, 0) is 42.2 Å². The normalized spacial score (nSPS) is 13.1. The van der Waals surface area contributed by atoms with Crippen LogP contribution in [0.1, 0.15) is 17.5 Å². The van der Waals surface area contributed by atoms with E-state index in [2.05, 4.69) is 16.1 Å². The van der Waals surface area contributed by atoms with Crippen LogP contribution >= 0.6 is 0 Å². The Balaban J connectivity index is 1.63. The van der Waals surface area contributed by atoms with Crippen molar-refractivity contribution in [3.63, 3.8) is 0 Å². The molecule has 0 aromatic heterocycles. The lowest BCUT2D eigenvalue weighted by molar-refractivity contribution is -0.138. The first-order valence-corrected chi connectivity index (χ1v) is 8.45. The highest BCUT2D eigenvalue weighted by atomic mass is 16.5. The number of nitrogens with one attached hydrogen (secondary N) is 1. The summed E-state index contributed by atoms with van der Waals surface area (Å²) in [6, 6.07) is 15.7. The predicted molar refractivity (Wildman–Crippen MR) is 97.8 cm³/mol. The first-order chi connectivity index (χ1) is 12.2. The Kier molecular flexibility index (Phi) is 5.33. The third kappa shape index (κ3) is 4.18. The van der Waals surface area contributed by atoms with Crippen LogP contribution in [0.3, 0.4) is 0 Å². The number of benzene rings is 2. The maximum atomic E-state index is 12.7. The van der Waals surface area contributed by atoms with Gasteiger partial charge in [0.05, 0.1) is 13.5 Å². The fourth-order valence-electron chi connectivity index (χ4n) is 3.05. The fraction of sp³-hybridized carbons (Fsp3) is 0.300. The van der Waals surface area contributed by atoms with Gasteiger partial charge in [-0.3, -0.25) is 9.59 Å². The van der Waals surface area contributed by atoms with E-state index in [4.69, 9.17) is 0 Å². The molecule has 0 spiro atoms. The lowest BCUT2D eigenvalue weighted by Crippen LogP contribution is -2.36. The minimum atomic E-state index is -0.317. The van der Waals surface area contributed by atoms with Crippen molar-refractivity contribution in [1.29, 1.82) is 0 Å². The molecule has 1 aliphatic heterocycles. The molecule has 2 aromatic carbocycles. The molecule has 3 rings (SSSR count). The van der Waals surface area contributed by atoms with Crippen molar-refractivity contribution in [2.45, 2.75) is 19.3 Å². The number of para-hydroxylation sites is 1. The highest BCUT2D eigenvalue weighted by Crippen LogP contribution is 2.27. The molecule has 0 radical (unpaired) electrons. The van der Waals surface area contributed by atoms with Gasteiger partial charge < -0.3 is 15.0 Å². The summed E-state index contributed by atoms with van der Waals surface area (Å²) in [4.78, 5) is 25.7. The topological polar surface area (TPSA) is 58.6 Å². The van der Waals surface area contributed by atoms with Crippen molar-refractivity contribution >= 4 is 23.3 Å². The summed E-state index contributed by atoms with van der Waals surface area (Å²) in [6.07, 6.45) is 2.39. The Hall–Kier alpha value is -2.82. The fourth-order valence-corrected chi connectivity index (χ4v) is 3.05. The number of amides is 1. The molecule has 130 valence electrons. The summed E-state index contributed by atoms with van der Waals surface area (Å²) in [6.45, 7) is 0.897. The van der Waals surface area contributed by atoms with Crippen molar-refractivity contribution < 1.29 is 14.3 Å². The summed E-state index contributed by atoms with van der Waals surface area (Å²) in [7, 11) is 1.36. The molecule has 1 aliphatic rings. The molecular weight excluding hydrogens is 316 g/mol. The summed E-state index contributed by atoms with van der Waals surface area (Å²) >= 11 is 0. The van der Waals surface area contributed by atoms with Crippen LogP contribution < -0.4 is 10.2 Å². The van der Waals surface area contributed by atoms with Crippen LogP contribution in [0.25, 0.3) is 0 Å². The van der Waals surface area contributed by atoms with Crippen LogP contribution in [0.5, 0.6) is 0 Å². The first-order valence-electron chi connectivity index (χ1n) is 8.45. The van der Waals surface area contributed by atoms with Crippen molar-refractivity contribution in [2.24, 2.45) is 0 Å². The SMILES string of the molecule is COC(=O)CNc1ccc(CC(=O)N2CCCc3ccccc32)cc1. The van der Waals surface area contributed by atoms with Crippen molar-refractivity contribution in [3.05, 3.63) is 59.7 Å². The third-order valence-corrected chi connectivity index (χ3v) is 4.39. The molecule has 0 saturated carbocycles. The van der Waals surface area contributed by atoms with Crippen LogP contribution in [-0.4, -0.2) is 32.1 Å². The molecule has 2 aromatic rings. The largest absolute Gasteiger partial charge is 0.468 e. The molecule has 0 bridgehead atoms. The zero-order chi connectivity index (χ0) is 17.6. The Morgan fingerprint density at radius 1 is 1.12 bits per heavy atom. The van der Waals surface area contributed by atoms with E-state index in [1.165, 1.54) is 12.7 Å². The van der Waals surface area contributed by atoms with E-state index in [0.29, 0.717) is 6.42 Å². The number of ether oxygens (including phenoxy) is 1. The molecule has 1 amide bonds. The van der Waals surface area contributed by atoms with Crippen LogP contribution in [-0.2, 0) is 27.2 Å². The van der Waals surface area contributed by atoms with Gasteiger partial charge in [-0.25, -0.2) is 0 Å². The molecular formula is C20H22N2O3. The average Bonchev–Trinajstić information content (AvgIpc) is 2.66. The number of carbonyl (C=O) groups is 2. The number of hydrogen-bond acceptors (Lipinski definition) is 4. The summed E-state index contributed by atoms with van der Waals surface area (Å²) in [5, 5.41) is 2.98. The number of methoxy groups -OCH3 is 1. The van der Waals surface area contributed by atoms with E-state index in [1.807, 2.05) is 47.4 Å².